The Morgan fingerprint density at radius 1 is 1.36 bits per heavy atom. The highest BCUT2D eigenvalue weighted by Gasteiger charge is 2.25. The molecule has 0 aliphatic rings. The van der Waals surface area contributed by atoms with Crippen molar-refractivity contribution in [3.05, 3.63) is 28.6 Å². The van der Waals surface area contributed by atoms with Crippen molar-refractivity contribution in [1.29, 1.82) is 0 Å². The van der Waals surface area contributed by atoms with Gasteiger partial charge in [-0.2, -0.15) is 0 Å². The van der Waals surface area contributed by atoms with E-state index in [0.29, 0.717) is 24.5 Å². The lowest BCUT2D eigenvalue weighted by molar-refractivity contribution is 0.0569. The van der Waals surface area contributed by atoms with Gasteiger partial charge in [-0.05, 0) is 49.7 Å². The molecule has 25 heavy (non-hydrogen) atoms. The van der Waals surface area contributed by atoms with Crippen LogP contribution in [0.1, 0.15) is 40.3 Å². The molecule has 0 N–H and O–H groups in total. The van der Waals surface area contributed by atoms with E-state index in [4.69, 9.17) is 9.47 Å². The summed E-state index contributed by atoms with van der Waals surface area (Å²) >= 11 is 3.49. The van der Waals surface area contributed by atoms with Gasteiger partial charge >= 0.3 is 6.09 Å². The van der Waals surface area contributed by atoms with Crippen molar-refractivity contribution in [1.82, 2.24) is 9.38 Å². The van der Waals surface area contributed by atoms with Crippen molar-refractivity contribution in [3.63, 3.8) is 0 Å². The van der Waals surface area contributed by atoms with Crippen LogP contribution in [0.5, 0.6) is 0 Å². The number of imidazole rings is 1. The van der Waals surface area contributed by atoms with E-state index in [1.54, 1.807) is 18.2 Å². The molecule has 140 valence electrons. The van der Waals surface area contributed by atoms with Gasteiger partial charge in [0.05, 0.1) is 18.8 Å². The fraction of sp³-hybridized carbons (Fsp3) is 0.556. The van der Waals surface area contributed by atoms with Gasteiger partial charge in [0, 0.05) is 29.7 Å². The summed E-state index contributed by atoms with van der Waals surface area (Å²) in [6.07, 6.45) is 3.27. The molecule has 2 aromatic rings. The maximum absolute atomic E-state index is 12.6. The van der Waals surface area contributed by atoms with Gasteiger partial charge in [-0.25, -0.2) is 9.78 Å². The number of fused-ring (bicyclic) bond motifs is 1. The van der Waals surface area contributed by atoms with Crippen LogP contribution in [-0.2, 0) is 9.47 Å². The first-order valence-electron chi connectivity index (χ1n) is 8.35. The number of pyridine rings is 1. The zero-order valence-corrected chi connectivity index (χ0v) is 17.7. The summed E-state index contributed by atoms with van der Waals surface area (Å²) < 4.78 is 13.4. The number of amides is 1. The number of hydrogen-bond donors (Lipinski definition) is 0. The smallest absolute Gasteiger partial charge is 0.415 e. The molecular weight excluding hydrogens is 386 g/mol. The molecule has 0 radical (unpaired) electrons. The lowest BCUT2D eigenvalue weighted by Gasteiger charge is -2.27. The summed E-state index contributed by atoms with van der Waals surface area (Å²) in [5.41, 5.74) is 1.79. The van der Waals surface area contributed by atoms with Crippen LogP contribution in [0, 0.1) is 6.92 Å². The lowest BCUT2D eigenvalue weighted by atomic mass is 10.2. The van der Waals surface area contributed by atoms with E-state index in [0.717, 1.165) is 10.2 Å². The predicted octanol–water partition coefficient (Wildman–Crippen LogP) is 4.82. The molecule has 0 aromatic carbocycles. The fourth-order valence-electron chi connectivity index (χ4n) is 2.16. The lowest BCUT2D eigenvalue weighted by Crippen LogP contribution is -2.39. The zero-order chi connectivity index (χ0) is 19.2. The quantitative estimate of drug-likeness (QED) is 0.720. The van der Waals surface area contributed by atoms with E-state index in [1.165, 1.54) is 0 Å². The molecule has 6 nitrogen and oxygen atoms in total. The number of halogens is 1. The summed E-state index contributed by atoms with van der Waals surface area (Å²) in [7, 11) is 1.60. The molecule has 7 heteroatoms. The summed E-state index contributed by atoms with van der Waals surface area (Å²) in [6, 6.07) is 1.86. The van der Waals surface area contributed by atoms with E-state index in [1.807, 2.05) is 58.2 Å². The van der Waals surface area contributed by atoms with Crippen molar-refractivity contribution >= 4 is 33.4 Å². The van der Waals surface area contributed by atoms with Gasteiger partial charge in [0.2, 0.25) is 0 Å². The Morgan fingerprint density at radius 2 is 2.00 bits per heavy atom. The zero-order valence-electron chi connectivity index (χ0n) is 16.1. The second-order valence-corrected chi connectivity index (χ2v) is 7.18. The second-order valence-electron chi connectivity index (χ2n) is 6.26. The van der Waals surface area contributed by atoms with E-state index in [9.17, 15) is 4.79 Å². The number of aryl methyl sites for hydroxylation is 1. The number of methoxy groups -OCH3 is 1. The number of ether oxygens (including phenoxy) is 2. The molecule has 2 aromatic heterocycles. The Bertz CT molecular complexity index is 707. The summed E-state index contributed by atoms with van der Waals surface area (Å²) in [6.45, 7) is 12.3. The highest BCUT2D eigenvalue weighted by atomic mass is 79.9. The average Bonchev–Trinajstić information content (AvgIpc) is 2.89. The van der Waals surface area contributed by atoms with Gasteiger partial charge in [-0.3, -0.25) is 4.90 Å². The number of aromatic nitrogens is 2. The van der Waals surface area contributed by atoms with Crippen molar-refractivity contribution in [3.8, 4) is 0 Å². The third-order valence-electron chi connectivity index (χ3n) is 3.16. The van der Waals surface area contributed by atoms with E-state index in [-0.39, 0.29) is 0 Å². The Hall–Kier alpha value is -1.60. The molecule has 0 unspecified atom stereocenters. The minimum atomic E-state index is -0.573. The highest BCUT2D eigenvalue weighted by Crippen LogP contribution is 2.27. The molecule has 0 spiro atoms. The van der Waals surface area contributed by atoms with Crippen LogP contribution in [0.2, 0.25) is 0 Å². The van der Waals surface area contributed by atoms with Crippen LogP contribution in [0.15, 0.2) is 22.9 Å². The first-order valence-corrected chi connectivity index (χ1v) is 9.15. The third-order valence-corrected chi connectivity index (χ3v) is 3.60. The van der Waals surface area contributed by atoms with Gasteiger partial charge in [-0.1, -0.05) is 13.8 Å². The largest absolute Gasteiger partial charge is 0.443 e. The summed E-state index contributed by atoms with van der Waals surface area (Å²) in [4.78, 5) is 18.6. The summed E-state index contributed by atoms with van der Waals surface area (Å²) in [5.74, 6) is 0. The van der Waals surface area contributed by atoms with Gasteiger partial charge in [-0.15, -0.1) is 0 Å². The SMILES string of the molecule is CC.COCCN(C(=O)OC(C)(C)C)c1cc(Br)cn2c(C)cnc12. The molecule has 0 atom stereocenters. The van der Waals surface area contributed by atoms with Crippen molar-refractivity contribution in [2.45, 2.75) is 47.1 Å². The van der Waals surface area contributed by atoms with Crippen molar-refractivity contribution < 1.29 is 14.3 Å². The molecule has 1 amide bonds. The van der Waals surface area contributed by atoms with Crippen LogP contribution in [0.25, 0.3) is 5.65 Å². The first kappa shape index (κ1) is 21.4. The number of hydrogen-bond acceptors (Lipinski definition) is 4. The topological polar surface area (TPSA) is 56.1 Å². The van der Waals surface area contributed by atoms with Crippen LogP contribution in [0.3, 0.4) is 0 Å². The number of anilines is 1. The van der Waals surface area contributed by atoms with E-state index < -0.39 is 11.7 Å². The molecule has 0 fully saturated rings. The number of carbonyl (C=O) groups is 1. The van der Waals surface area contributed by atoms with Gasteiger partial charge in [0.25, 0.3) is 0 Å². The van der Waals surface area contributed by atoms with Gasteiger partial charge in [0.1, 0.15) is 5.60 Å². The molecule has 0 aliphatic heterocycles. The van der Waals surface area contributed by atoms with Crippen molar-refractivity contribution in [2.75, 3.05) is 25.2 Å². The van der Waals surface area contributed by atoms with Crippen molar-refractivity contribution in [2.24, 2.45) is 0 Å². The van der Waals surface area contributed by atoms with Crippen LogP contribution < -0.4 is 4.90 Å². The molecule has 2 rings (SSSR count). The molecule has 0 saturated carbocycles. The average molecular weight is 414 g/mol. The molecular formula is C18H28BrN3O3. The highest BCUT2D eigenvalue weighted by molar-refractivity contribution is 9.10. The molecule has 2 heterocycles. The summed E-state index contributed by atoms with van der Waals surface area (Å²) in [5, 5.41) is 0. The predicted molar refractivity (Wildman–Crippen MR) is 104 cm³/mol. The fourth-order valence-corrected chi connectivity index (χ4v) is 2.58. The van der Waals surface area contributed by atoms with Crippen LogP contribution >= 0.6 is 15.9 Å². The number of rotatable bonds is 4. The third kappa shape index (κ3) is 5.71. The second kappa shape index (κ2) is 9.20. The standard InChI is InChI=1S/C16H22BrN3O3.C2H6/c1-11-9-18-14-13(8-12(17)10-20(11)14)19(6-7-22-5)15(21)23-16(2,3)4;1-2/h8-10H,6-7H2,1-5H3;1-2H3. The molecule has 0 aliphatic carbocycles. The maximum atomic E-state index is 12.6. The Balaban J connectivity index is 0.00000151. The Morgan fingerprint density at radius 3 is 2.56 bits per heavy atom. The number of nitrogens with zero attached hydrogens (tertiary/aromatic N) is 3. The Labute approximate surface area is 158 Å². The van der Waals surface area contributed by atoms with Crippen LogP contribution in [-0.4, -0.2) is 41.3 Å². The molecule has 0 saturated heterocycles. The first-order chi connectivity index (χ1) is 11.7. The minimum absolute atomic E-state index is 0.378. The van der Waals surface area contributed by atoms with Crippen LogP contribution in [0.4, 0.5) is 10.5 Å². The van der Waals surface area contributed by atoms with E-state index >= 15 is 0 Å². The normalized spacial score (nSPS) is 11.0. The Kier molecular flexibility index (Phi) is 7.89. The minimum Gasteiger partial charge on any atom is -0.443 e. The monoisotopic (exact) mass is 413 g/mol. The van der Waals surface area contributed by atoms with Gasteiger partial charge in [0.15, 0.2) is 5.65 Å². The van der Waals surface area contributed by atoms with E-state index in [2.05, 4.69) is 20.9 Å². The van der Waals surface area contributed by atoms with Gasteiger partial charge < -0.3 is 13.9 Å². The molecule has 0 bridgehead atoms. The maximum Gasteiger partial charge on any atom is 0.415 e. The number of carbonyl (C=O) groups excluding carboxylic acids is 1.